The Balaban J connectivity index is 1.79. The van der Waals surface area contributed by atoms with Gasteiger partial charge in [-0.25, -0.2) is 4.98 Å². The summed E-state index contributed by atoms with van der Waals surface area (Å²) < 4.78 is 4.25. The van der Waals surface area contributed by atoms with Gasteiger partial charge < -0.3 is 16.0 Å². The van der Waals surface area contributed by atoms with E-state index in [4.69, 9.17) is 5.26 Å². The molecule has 0 spiro atoms. The molecule has 0 aliphatic heterocycles. The quantitative estimate of drug-likeness (QED) is 0.577. The highest BCUT2D eigenvalue weighted by Gasteiger charge is 2.19. The van der Waals surface area contributed by atoms with Gasteiger partial charge in [-0.05, 0) is 55.7 Å². The van der Waals surface area contributed by atoms with Crippen LogP contribution in [0.1, 0.15) is 38.9 Å². The van der Waals surface area contributed by atoms with E-state index in [9.17, 15) is 9.59 Å². The number of hydrogen-bond donors (Lipinski definition) is 3. The van der Waals surface area contributed by atoms with E-state index in [1.165, 1.54) is 6.20 Å². The van der Waals surface area contributed by atoms with Crippen molar-refractivity contribution in [3.8, 4) is 6.07 Å². The molecule has 3 rings (SSSR count). The van der Waals surface area contributed by atoms with Crippen LogP contribution in [0.3, 0.4) is 0 Å². The largest absolute Gasteiger partial charge is 0.352 e. The molecule has 0 fully saturated rings. The third-order valence-corrected chi connectivity index (χ3v) is 4.80. The number of rotatable bonds is 6. The summed E-state index contributed by atoms with van der Waals surface area (Å²) in [6.45, 7) is 4.11. The lowest BCUT2D eigenvalue weighted by molar-refractivity contribution is 0.0954. The maximum atomic E-state index is 12.9. The molecule has 2 aromatic heterocycles. The monoisotopic (exact) mass is 406 g/mol. The van der Waals surface area contributed by atoms with Gasteiger partial charge in [-0.2, -0.15) is 9.64 Å². The Bertz CT molecular complexity index is 1090. The average molecular weight is 406 g/mol. The number of anilines is 3. The molecule has 0 aliphatic rings. The van der Waals surface area contributed by atoms with Gasteiger partial charge in [0.2, 0.25) is 0 Å². The molecule has 0 unspecified atom stereocenters. The first-order valence-corrected chi connectivity index (χ1v) is 9.58. The molecular formula is C20H18N6O2S. The summed E-state index contributed by atoms with van der Waals surface area (Å²) in [5.74, 6) is -0.0494. The molecule has 0 bridgehead atoms. The maximum Gasteiger partial charge on any atom is 0.260 e. The fourth-order valence-electron chi connectivity index (χ4n) is 2.57. The number of pyridine rings is 1. The first kappa shape index (κ1) is 20.0. The Morgan fingerprint density at radius 3 is 2.72 bits per heavy atom. The third kappa shape index (κ3) is 4.75. The van der Waals surface area contributed by atoms with Crippen LogP contribution >= 0.6 is 11.5 Å². The fourth-order valence-corrected chi connectivity index (χ4v) is 3.37. The molecule has 3 N–H and O–H groups in total. The molecule has 29 heavy (non-hydrogen) atoms. The molecule has 2 heterocycles. The maximum absolute atomic E-state index is 12.9. The zero-order valence-corrected chi connectivity index (χ0v) is 16.6. The number of carbonyl (C=O) groups excluding carboxylic acids is 2. The zero-order valence-electron chi connectivity index (χ0n) is 15.8. The van der Waals surface area contributed by atoms with Gasteiger partial charge in [0.15, 0.2) is 0 Å². The topological polar surface area (TPSA) is 120 Å². The number of benzene rings is 1. The number of aromatic nitrogens is 2. The lowest BCUT2D eigenvalue weighted by atomic mass is 10.1. The van der Waals surface area contributed by atoms with Crippen LogP contribution in [0.5, 0.6) is 0 Å². The standard InChI is InChI=1S/C20H18N6O2S/c1-3-22-18(27)14-5-4-6-15(9-14)24-19(28)17-12(2)26-29-20(17)25-16-8-7-13(10-21)11-23-16/h4-9,11H,3H2,1-2H3,(H,22,27)(H,23,25)(H,24,28). The van der Waals surface area contributed by atoms with E-state index in [0.717, 1.165) is 11.5 Å². The summed E-state index contributed by atoms with van der Waals surface area (Å²) in [4.78, 5) is 29.0. The van der Waals surface area contributed by atoms with E-state index < -0.39 is 0 Å². The summed E-state index contributed by atoms with van der Waals surface area (Å²) >= 11 is 1.14. The molecule has 0 saturated carbocycles. The molecule has 3 aromatic rings. The van der Waals surface area contributed by atoms with Gasteiger partial charge in [0.05, 0.1) is 16.8 Å². The highest BCUT2D eigenvalue weighted by molar-refractivity contribution is 7.10. The Kier molecular flexibility index (Phi) is 6.16. The number of hydrogen-bond acceptors (Lipinski definition) is 7. The van der Waals surface area contributed by atoms with Crippen molar-refractivity contribution >= 4 is 39.9 Å². The van der Waals surface area contributed by atoms with Gasteiger partial charge in [-0.1, -0.05) is 6.07 Å². The van der Waals surface area contributed by atoms with Crippen molar-refractivity contribution in [2.75, 3.05) is 17.2 Å². The van der Waals surface area contributed by atoms with Gasteiger partial charge in [0, 0.05) is 24.0 Å². The van der Waals surface area contributed by atoms with Crippen LogP contribution in [-0.4, -0.2) is 27.7 Å². The van der Waals surface area contributed by atoms with E-state index in [1.54, 1.807) is 43.3 Å². The molecule has 0 aliphatic carbocycles. The molecular weight excluding hydrogens is 388 g/mol. The van der Waals surface area contributed by atoms with Crippen LogP contribution in [0.15, 0.2) is 42.6 Å². The van der Waals surface area contributed by atoms with E-state index in [2.05, 4.69) is 25.3 Å². The normalized spacial score (nSPS) is 10.1. The third-order valence-electron chi connectivity index (χ3n) is 3.94. The molecule has 0 saturated heterocycles. The van der Waals surface area contributed by atoms with Crippen molar-refractivity contribution in [3.05, 3.63) is 65.0 Å². The van der Waals surface area contributed by atoms with Gasteiger partial charge in [0.25, 0.3) is 11.8 Å². The van der Waals surface area contributed by atoms with Crippen LogP contribution in [0.25, 0.3) is 0 Å². The molecule has 0 radical (unpaired) electrons. The molecule has 146 valence electrons. The van der Waals surface area contributed by atoms with E-state index in [1.807, 2.05) is 13.0 Å². The van der Waals surface area contributed by atoms with Crippen LogP contribution in [0.4, 0.5) is 16.5 Å². The van der Waals surface area contributed by atoms with Gasteiger partial charge in [-0.15, -0.1) is 0 Å². The fraction of sp³-hybridized carbons (Fsp3) is 0.150. The van der Waals surface area contributed by atoms with Crippen LogP contribution < -0.4 is 16.0 Å². The number of carbonyl (C=O) groups is 2. The Morgan fingerprint density at radius 2 is 2.03 bits per heavy atom. The molecule has 1 aromatic carbocycles. The second-order valence-electron chi connectivity index (χ2n) is 6.04. The molecule has 2 amide bonds. The lowest BCUT2D eigenvalue weighted by Gasteiger charge is -2.09. The van der Waals surface area contributed by atoms with Gasteiger partial charge in [0.1, 0.15) is 16.9 Å². The van der Waals surface area contributed by atoms with Crippen molar-refractivity contribution < 1.29 is 9.59 Å². The first-order valence-electron chi connectivity index (χ1n) is 8.81. The Labute approximate surface area is 171 Å². The van der Waals surface area contributed by atoms with Gasteiger partial charge in [-0.3, -0.25) is 9.59 Å². The van der Waals surface area contributed by atoms with Crippen molar-refractivity contribution in [1.29, 1.82) is 5.26 Å². The molecule has 9 heteroatoms. The van der Waals surface area contributed by atoms with Crippen molar-refractivity contribution in [2.24, 2.45) is 0 Å². The number of nitrogens with zero attached hydrogens (tertiary/aromatic N) is 3. The zero-order chi connectivity index (χ0) is 20.8. The predicted octanol–water partition coefficient (Wildman–Crippen LogP) is 3.46. The van der Waals surface area contributed by atoms with Crippen LogP contribution in [-0.2, 0) is 0 Å². The predicted molar refractivity (Wildman–Crippen MR) is 111 cm³/mol. The number of nitriles is 1. The van der Waals surface area contributed by atoms with Crippen molar-refractivity contribution in [2.45, 2.75) is 13.8 Å². The number of aryl methyl sites for hydroxylation is 1. The first-order chi connectivity index (χ1) is 14.0. The smallest absolute Gasteiger partial charge is 0.260 e. The lowest BCUT2D eigenvalue weighted by Crippen LogP contribution is -2.22. The summed E-state index contributed by atoms with van der Waals surface area (Å²) in [6.07, 6.45) is 1.45. The van der Waals surface area contributed by atoms with Crippen molar-refractivity contribution in [1.82, 2.24) is 14.7 Å². The summed E-state index contributed by atoms with van der Waals surface area (Å²) in [5.41, 5.74) is 2.38. The number of nitrogens with one attached hydrogen (secondary N) is 3. The van der Waals surface area contributed by atoms with Crippen LogP contribution in [0, 0.1) is 18.3 Å². The van der Waals surface area contributed by atoms with Gasteiger partial charge >= 0.3 is 0 Å². The molecule has 0 atom stereocenters. The highest BCUT2D eigenvalue weighted by atomic mass is 32.1. The number of amides is 2. The molecule has 8 nitrogen and oxygen atoms in total. The summed E-state index contributed by atoms with van der Waals surface area (Å²) in [7, 11) is 0. The second kappa shape index (κ2) is 8.95. The summed E-state index contributed by atoms with van der Waals surface area (Å²) in [6, 6.07) is 12.0. The van der Waals surface area contributed by atoms with E-state index >= 15 is 0 Å². The van der Waals surface area contributed by atoms with E-state index in [0.29, 0.717) is 45.4 Å². The Morgan fingerprint density at radius 1 is 1.21 bits per heavy atom. The minimum Gasteiger partial charge on any atom is -0.352 e. The SMILES string of the molecule is CCNC(=O)c1cccc(NC(=O)c2c(C)nsc2Nc2ccc(C#N)cn2)c1. The Hall–Kier alpha value is -3.77. The average Bonchev–Trinajstić information content (AvgIpc) is 3.09. The highest BCUT2D eigenvalue weighted by Crippen LogP contribution is 2.28. The van der Waals surface area contributed by atoms with Crippen LogP contribution in [0.2, 0.25) is 0 Å². The summed E-state index contributed by atoms with van der Waals surface area (Å²) in [5, 5.41) is 18.0. The minimum atomic E-state index is -0.347. The van der Waals surface area contributed by atoms with E-state index in [-0.39, 0.29) is 11.8 Å². The second-order valence-corrected chi connectivity index (χ2v) is 6.81. The van der Waals surface area contributed by atoms with Crippen molar-refractivity contribution in [3.63, 3.8) is 0 Å². The minimum absolute atomic E-state index is 0.203.